The second kappa shape index (κ2) is 14.4. The molecule has 179 valence electrons. The summed E-state index contributed by atoms with van der Waals surface area (Å²) >= 11 is 0. The van der Waals surface area contributed by atoms with Crippen LogP contribution in [0.5, 0.6) is 0 Å². The van der Waals surface area contributed by atoms with Gasteiger partial charge in [0.25, 0.3) is 0 Å². The number of hydrogen-bond donors (Lipinski definition) is 0. The Morgan fingerprint density at radius 1 is 0.588 bits per heavy atom. The monoisotopic (exact) mass is 553 g/mol. The first kappa shape index (κ1) is 30.0. The molecule has 5 nitrogen and oxygen atoms in total. The Balaban J connectivity index is 0.00000144. The van der Waals surface area contributed by atoms with Crippen LogP contribution in [0.2, 0.25) is 0 Å². The summed E-state index contributed by atoms with van der Waals surface area (Å²) in [6.45, 7) is 1.15. The maximum absolute atomic E-state index is 5.85. The first-order valence-corrected chi connectivity index (χ1v) is 10.3. The standard InChI is InChI=1S/C25H23N3O2.3ClH.V/c1-3-8-18(9-4-1)14-20-16-29-24(26-20)22-12-7-13-23(28-22)25-27-21(17-30-25)15-19-10-5-2-6-11-19;;;;/h1-13,20-21H,14-17H2;3*1H;/p-3. The smallest absolute Gasteiger partial charge is 0.235 e. The van der Waals surface area contributed by atoms with Gasteiger partial charge in [0.05, 0.1) is 12.1 Å². The summed E-state index contributed by atoms with van der Waals surface area (Å²) in [7, 11) is 0. The predicted molar refractivity (Wildman–Crippen MR) is 117 cm³/mol. The summed E-state index contributed by atoms with van der Waals surface area (Å²) in [4.78, 5) is 14.2. The van der Waals surface area contributed by atoms with E-state index in [0.717, 1.165) is 24.2 Å². The van der Waals surface area contributed by atoms with E-state index in [2.05, 4.69) is 24.3 Å². The maximum atomic E-state index is 5.85. The van der Waals surface area contributed by atoms with Gasteiger partial charge in [0.2, 0.25) is 11.8 Å². The Morgan fingerprint density at radius 2 is 1.00 bits per heavy atom. The maximum Gasteiger partial charge on any atom is 0.235 e. The minimum atomic E-state index is 0. The van der Waals surface area contributed by atoms with Gasteiger partial charge in [-0.05, 0) is 36.1 Å². The van der Waals surface area contributed by atoms with Crippen molar-refractivity contribution in [3.8, 4) is 0 Å². The van der Waals surface area contributed by atoms with E-state index in [1.165, 1.54) is 11.1 Å². The average Bonchev–Trinajstić information content (AvgIpc) is 3.45. The fourth-order valence-electron chi connectivity index (χ4n) is 3.77. The van der Waals surface area contributed by atoms with Crippen LogP contribution in [0.25, 0.3) is 0 Å². The van der Waals surface area contributed by atoms with Gasteiger partial charge in [0.15, 0.2) is 0 Å². The van der Waals surface area contributed by atoms with Crippen LogP contribution in [0, 0.1) is 0 Å². The first-order chi connectivity index (χ1) is 14.8. The van der Waals surface area contributed by atoms with E-state index >= 15 is 0 Å². The van der Waals surface area contributed by atoms with Crippen LogP contribution in [0.4, 0.5) is 0 Å². The van der Waals surface area contributed by atoms with Gasteiger partial charge < -0.3 is 46.7 Å². The van der Waals surface area contributed by atoms with E-state index in [0.29, 0.717) is 25.0 Å². The van der Waals surface area contributed by atoms with Gasteiger partial charge in [-0.2, -0.15) is 0 Å². The molecule has 2 aliphatic heterocycles. The number of benzene rings is 2. The van der Waals surface area contributed by atoms with Crippen LogP contribution in [0.1, 0.15) is 22.5 Å². The molecule has 0 spiro atoms. The van der Waals surface area contributed by atoms with E-state index in [1.807, 2.05) is 54.6 Å². The second-order valence-electron chi connectivity index (χ2n) is 7.59. The molecule has 2 aliphatic rings. The third-order valence-electron chi connectivity index (χ3n) is 5.24. The molecule has 2 aromatic carbocycles. The Labute approximate surface area is 230 Å². The molecule has 0 aliphatic carbocycles. The van der Waals surface area contributed by atoms with Crippen LogP contribution >= 0.6 is 0 Å². The third-order valence-corrected chi connectivity index (χ3v) is 5.24. The van der Waals surface area contributed by atoms with Crippen LogP contribution in [0.15, 0.2) is 88.8 Å². The van der Waals surface area contributed by atoms with Gasteiger partial charge in [0.1, 0.15) is 24.6 Å². The van der Waals surface area contributed by atoms with Crippen molar-refractivity contribution in [3.05, 3.63) is 101 Å². The topological polar surface area (TPSA) is 56.1 Å². The summed E-state index contributed by atoms with van der Waals surface area (Å²) in [5.41, 5.74) is 3.97. The van der Waals surface area contributed by atoms with Crippen molar-refractivity contribution in [1.82, 2.24) is 4.98 Å². The molecule has 1 radical (unpaired) electrons. The molecule has 0 amide bonds. The third kappa shape index (κ3) is 7.49. The minimum absolute atomic E-state index is 0. The zero-order valence-electron chi connectivity index (χ0n) is 18.2. The molecule has 0 fully saturated rings. The van der Waals surface area contributed by atoms with Crippen molar-refractivity contribution in [2.45, 2.75) is 24.9 Å². The van der Waals surface area contributed by atoms with Gasteiger partial charge in [-0.15, -0.1) is 0 Å². The molecule has 0 saturated carbocycles. The number of aliphatic imine (C=N–C) groups is 2. The Kier molecular flexibility index (Phi) is 12.7. The fraction of sp³-hybridized carbons (Fsp3) is 0.240. The number of hydrogen-bond acceptors (Lipinski definition) is 5. The summed E-state index contributed by atoms with van der Waals surface area (Å²) < 4.78 is 11.7. The summed E-state index contributed by atoms with van der Waals surface area (Å²) in [6, 6.07) is 26.7. The van der Waals surface area contributed by atoms with Crippen LogP contribution in [-0.4, -0.2) is 42.1 Å². The number of aromatic nitrogens is 1. The van der Waals surface area contributed by atoms with Crippen molar-refractivity contribution in [1.29, 1.82) is 0 Å². The second-order valence-corrected chi connectivity index (χ2v) is 7.59. The van der Waals surface area contributed by atoms with E-state index in [4.69, 9.17) is 24.4 Å². The Morgan fingerprint density at radius 3 is 1.41 bits per heavy atom. The molecule has 2 unspecified atom stereocenters. The minimum Gasteiger partial charge on any atom is -1.00 e. The van der Waals surface area contributed by atoms with E-state index < -0.39 is 0 Å². The zero-order chi connectivity index (χ0) is 20.2. The Hall–Kier alpha value is -2.02. The van der Waals surface area contributed by atoms with Crippen LogP contribution in [0.3, 0.4) is 0 Å². The molecular formula is C25H23Cl3N3O2V-3. The average molecular weight is 555 g/mol. The fourth-order valence-corrected chi connectivity index (χ4v) is 3.77. The predicted octanol–water partition coefficient (Wildman–Crippen LogP) is -5.13. The zero-order valence-corrected chi connectivity index (χ0v) is 21.9. The SMILES string of the molecule is [Cl-].[Cl-].[Cl-].[V].c1ccc(CC2COC(c3cccc(C4=NC(Cc5ccccc5)CO4)n3)=N2)cc1. The summed E-state index contributed by atoms with van der Waals surface area (Å²) in [5.74, 6) is 1.19. The van der Waals surface area contributed by atoms with Gasteiger partial charge in [-0.1, -0.05) is 66.7 Å². The number of halogens is 3. The van der Waals surface area contributed by atoms with E-state index in [9.17, 15) is 0 Å². The van der Waals surface area contributed by atoms with Gasteiger partial charge in [0, 0.05) is 18.6 Å². The van der Waals surface area contributed by atoms with E-state index in [-0.39, 0.29) is 67.9 Å². The molecule has 1 aromatic heterocycles. The largest absolute Gasteiger partial charge is 1.00 e. The van der Waals surface area contributed by atoms with Crippen molar-refractivity contribution < 1.29 is 65.3 Å². The normalized spacial score (nSPS) is 17.9. The summed E-state index contributed by atoms with van der Waals surface area (Å²) in [6.07, 6.45) is 1.72. The van der Waals surface area contributed by atoms with Crippen LogP contribution in [-0.2, 0) is 40.9 Å². The molecule has 3 aromatic rings. The molecule has 34 heavy (non-hydrogen) atoms. The Bertz CT molecular complexity index is 1000. The molecule has 0 saturated heterocycles. The van der Waals surface area contributed by atoms with Crippen LogP contribution < -0.4 is 37.2 Å². The molecule has 9 heteroatoms. The van der Waals surface area contributed by atoms with Gasteiger partial charge in [-0.3, -0.25) is 0 Å². The molecule has 0 N–H and O–H groups in total. The molecule has 2 atom stereocenters. The molecule has 3 heterocycles. The van der Waals surface area contributed by atoms with Crippen molar-refractivity contribution in [3.63, 3.8) is 0 Å². The van der Waals surface area contributed by atoms with Crippen molar-refractivity contribution >= 4 is 11.8 Å². The quantitative estimate of drug-likeness (QED) is 0.307. The molecule has 0 bridgehead atoms. The van der Waals surface area contributed by atoms with Crippen molar-refractivity contribution in [2.24, 2.45) is 9.98 Å². The number of pyridine rings is 1. The number of ether oxygens (including phenoxy) is 2. The van der Waals surface area contributed by atoms with E-state index in [1.54, 1.807) is 0 Å². The number of rotatable bonds is 6. The summed E-state index contributed by atoms with van der Waals surface area (Å²) in [5, 5.41) is 0. The van der Waals surface area contributed by atoms with Crippen molar-refractivity contribution in [2.75, 3.05) is 13.2 Å². The van der Waals surface area contributed by atoms with Gasteiger partial charge >= 0.3 is 0 Å². The van der Waals surface area contributed by atoms with Gasteiger partial charge in [-0.25, -0.2) is 15.0 Å². The first-order valence-electron chi connectivity index (χ1n) is 10.3. The number of nitrogens with zero attached hydrogens (tertiary/aromatic N) is 3. The molecule has 5 rings (SSSR count). The molecular weight excluding hydrogens is 532 g/mol.